The van der Waals surface area contributed by atoms with Crippen molar-refractivity contribution in [2.24, 2.45) is 11.5 Å². The maximum absolute atomic E-state index is 10.6. The van der Waals surface area contributed by atoms with Gasteiger partial charge in [-0.2, -0.15) is 0 Å². The fourth-order valence-corrected chi connectivity index (χ4v) is 1.26. The van der Waals surface area contributed by atoms with Crippen LogP contribution in [0.3, 0.4) is 0 Å². The molecule has 1 atom stereocenters. The third-order valence-corrected chi connectivity index (χ3v) is 2.24. The quantitative estimate of drug-likeness (QED) is 0.549. The van der Waals surface area contributed by atoms with E-state index in [1.54, 1.807) is 0 Å². The Balaban J connectivity index is 2.00. The number of benzene rings is 1. The molecule has 1 amide bonds. The fourth-order valence-electron chi connectivity index (χ4n) is 1.26. The Labute approximate surface area is 101 Å². The molecule has 17 heavy (non-hydrogen) atoms. The topological polar surface area (TPSA) is 90.4 Å². The Morgan fingerprint density at radius 1 is 1.35 bits per heavy atom. The molecule has 0 aromatic heterocycles. The van der Waals surface area contributed by atoms with E-state index in [0.29, 0.717) is 13.2 Å². The van der Waals surface area contributed by atoms with Crippen molar-refractivity contribution in [1.29, 1.82) is 0 Å². The highest BCUT2D eigenvalue weighted by Gasteiger charge is 2.06. The van der Waals surface area contributed by atoms with Crippen molar-refractivity contribution in [3.8, 4) is 5.75 Å². The normalized spacial score (nSPS) is 12.1. The Morgan fingerprint density at radius 3 is 2.71 bits per heavy atom. The van der Waals surface area contributed by atoms with Crippen LogP contribution in [0, 0.1) is 0 Å². The van der Waals surface area contributed by atoms with E-state index in [-0.39, 0.29) is 0 Å². The number of ether oxygens (including phenoxy) is 1. The lowest BCUT2D eigenvalue weighted by molar-refractivity contribution is -0.119. The Bertz CT molecular complexity index is 330. The lowest BCUT2D eigenvalue weighted by Gasteiger charge is -2.09. The van der Waals surface area contributed by atoms with Gasteiger partial charge in [-0.1, -0.05) is 18.2 Å². The zero-order chi connectivity index (χ0) is 12.5. The molecule has 0 saturated heterocycles. The summed E-state index contributed by atoms with van der Waals surface area (Å²) in [5, 5.41) is 3.05. The lowest BCUT2D eigenvalue weighted by Crippen LogP contribution is -2.44. The maximum Gasteiger partial charge on any atom is 0.235 e. The van der Waals surface area contributed by atoms with Gasteiger partial charge in [0.25, 0.3) is 0 Å². The Kier molecular flexibility index (Phi) is 6.06. The van der Waals surface area contributed by atoms with E-state index in [1.165, 1.54) is 0 Å². The number of para-hydroxylation sites is 1. The summed E-state index contributed by atoms with van der Waals surface area (Å²) >= 11 is 0. The first-order valence-corrected chi connectivity index (χ1v) is 5.63. The van der Waals surface area contributed by atoms with Gasteiger partial charge in [0, 0.05) is 6.54 Å². The van der Waals surface area contributed by atoms with Crippen molar-refractivity contribution in [2.45, 2.75) is 12.5 Å². The van der Waals surface area contributed by atoms with Gasteiger partial charge >= 0.3 is 0 Å². The number of carbonyl (C=O) groups is 1. The highest BCUT2D eigenvalue weighted by molar-refractivity contribution is 5.79. The van der Waals surface area contributed by atoms with Gasteiger partial charge in [-0.25, -0.2) is 0 Å². The van der Waals surface area contributed by atoms with Gasteiger partial charge in [-0.15, -0.1) is 0 Å². The van der Waals surface area contributed by atoms with E-state index < -0.39 is 11.9 Å². The second kappa shape index (κ2) is 7.65. The van der Waals surface area contributed by atoms with Gasteiger partial charge in [0.1, 0.15) is 5.75 Å². The molecule has 1 aromatic carbocycles. The monoisotopic (exact) mass is 237 g/mol. The Morgan fingerprint density at radius 2 is 2.06 bits per heavy atom. The van der Waals surface area contributed by atoms with Crippen molar-refractivity contribution in [3.63, 3.8) is 0 Å². The largest absolute Gasteiger partial charge is 0.494 e. The molecule has 0 aliphatic rings. The van der Waals surface area contributed by atoms with Crippen LogP contribution in [0.2, 0.25) is 0 Å². The highest BCUT2D eigenvalue weighted by atomic mass is 16.5. The third-order valence-electron chi connectivity index (χ3n) is 2.24. The van der Waals surface area contributed by atoms with Gasteiger partial charge in [0.2, 0.25) is 5.91 Å². The first-order valence-electron chi connectivity index (χ1n) is 5.63. The second-order valence-corrected chi connectivity index (χ2v) is 3.73. The minimum Gasteiger partial charge on any atom is -0.494 e. The molecule has 5 N–H and O–H groups in total. The van der Waals surface area contributed by atoms with Crippen LogP contribution in [0.25, 0.3) is 0 Å². The fraction of sp³-hybridized carbons (Fsp3) is 0.417. The van der Waals surface area contributed by atoms with E-state index >= 15 is 0 Å². The second-order valence-electron chi connectivity index (χ2n) is 3.73. The summed E-state index contributed by atoms with van der Waals surface area (Å²) in [6, 6.07) is 9.01. The third kappa shape index (κ3) is 5.89. The molecule has 1 aromatic rings. The number of nitrogens with one attached hydrogen (secondary N) is 1. The summed E-state index contributed by atoms with van der Waals surface area (Å²) in [6.07, 6.45) is 0.848. The zero-order valence-corrected chi connectivity index (χ0v) is 9.76. The number of amides is 1. The van der Waals surface area contributed by atoms with Crippen molar-refractivity contribution in [3.05, 3.63) is 30.3 Å². The van der Waals surface area contributed by atoms with Gasteiger partial charge in [0.05, 0.1) is 12.6 Å². The summed E-state index contributed by atoms with van der Waals surface area (Å²) in [5.74, 6) is 0.374. The smallest absolute Gasteiger partial charge is 0.235 e. The number of nitrogens with two attached hydrogens (primary N) is 2. The van der Waals surface area contributed by atoms with E-state index in [4.69, 9.17) is 16.2 Å². The molecule has 1 unspecified atom stereocenters. The molecule has 0 saturated carbocycles. The zero-order valence-electron chi connectivity index (χ0n) is 9.76. The molecule has 0 aliphatic heterocycles. The summed E-state index contributed by atoms with van der Waals surface area (Å²) in [6.45, 7) is 1.78. The first-order chi connectivity index (χ1) is 8.20. The predicted octanol–water partition coefficient (Wildman–Crippen LogP) is -0.142. The summed E-state index contributed by atoms with van der Waals surface area (Å²) < 4.78 is 5.50. The van der Waals surface area contributed by atoms with Crippen LogP contribution in [-0.4, -0.2) is 31.6 Å². The number of carbonyl (C=O) groups excluding carboxylic acids is 1. The molecule has 94 valence electrons. The van der Waals surface area contributed by atoms with Crippen LogP contribution in [0.5, 0.6) is 5.75 Å². The molecular formula is C12H19N3O2. The molecule has 5 nitrogen and oxygen atoms in total. The van der Waals surface area contributed by atoms with Gasteiger partial charge in [-0.3, -0.25) is 4.79 Å². The number of rotatable bonds is 8. The first kappa shape index (κ1) is 13.5. The lowest BCUT2D eigenvalue weighted by atomic mass is 10.3. The van der Waals surface area contributed by atoms with Gasteiger partial charge in [0.15, 0.2) is 0 Å². The van der Waals surface area contributed by atoms with Crippen molar-refractivity contribution in [2.75, 3.05) is 19.7 Å². The van der Waals surface area contributed by atoms with Gasteiger partial charge < -0.3 is 21.5 Å². The van der Waals surface area contributed by atoms with Crippen LogP contribution >= 0.6 is 0 Å². The molecule has 0 bridgehead atoms. The number of hydrogen-bond donors (Lipinski definition) is 3. The molecule has 0 spiro atoms. The van der Waals surface area contributed by atoms with Crippen molar-refractivity contribution in [1.82, 2.24) is 5.32 Å². The molecule has 1 rings (SSSR count). The van der Waals surface area contributed by atoms with Crippen LogP contribution in [0.4, 0.5) is 0 Å². The molecule has 0 fully saturated rings. The minimum atomic E-state index is -0.620. The number of hydrogen-bond acceptors (Lipinski definition) is 4. The Hall–Kier alpha value is -1.59. The maximum atomic E-state index is 10.6. The predicted molar refractivity (Wildman–Crippen MR) is 66.6 cm³/mol. The average Bonchev–Trinajstić information content (AvgIpc) is 2.34. The van der Waals surface area contributed by atoms with Crippen LogP contribution < -0.4 is 21.5 Å². The van der Waals surface area contributed by atoms with Crippen LogP contribution in [-0.2, 0) is 4.79 Å². The van der Waals surface area contributed by atoms with Crippen molar-refractivity contribution >= 4 is 5.91 Å². The van der Waals surface area contributed by atoms with E-state index in [2.05, 4.69) is 5.32 Å². The van der Waals surface area contributed by atoms with E-state index in [1.807, 2.05) is 30.3 Å². The van der Waals surface area contributed by atoms with Crippen molar-refractivity contribution < 1.29 is 9.53 Å². The molecule has 0 aliphatic carbocycles. The van der Waals surface area contributed by atoms with Crippen LogP contribution in [0.1, 0.15) is 6.42 Å². The molecule has 0 heterocycles. The van der Waals surface area contributed by atoms with E-state index in [0.717, 1.165) is 18.7 Å². The summed E-state index contributed by atoms with van der Waals surface area (Å²) in [4.78, 5) is 10.6. The molecule has 0 radical (unpaired) electrons. The van der Waals surface area contributed by atoms with Crippen LogP contribution in [0.15, 0.2) is 30.3 Å². The minimum absolute atomic E-state index is 0.403. The molecular weight excluding hydrogens is 218 g/mol. The average molecular weight is 237 g/mol. The van der Waals surface area contributed by atoms with E-state index in [9.17, 15) is 4.79 Å². The van der Waals surface area contributed by atoms with Gasteiger partial charge in [-0.05, 0) is 25.1 Å². The summed E-state index contributed by atoms with van der Waals surface area (Å²) in [7, 11) is 0. The molecule has 5 heteroatoms. The SMILES string of the molecule is NC(=O)C(N)CNCCCOc1ccccc1. The number of primary amides is 1. The summed E-state index contributed by atoms with van der Waals surface area (Å²) in [5.41, 5.74) is 10.5. The standard InChI is InChI=1S/C12H19N3O2/c13-11(12(14)16)9-15-7-4-8-17-10-5-2-1-3-6-10/h1-3,5-6,11,15H,4,7-9,13H2,(H2,14,16). The highest BCUT2D eigenvalue weighted by Crippen LogP contribution is 2.07.